The molecule has 2 aromatic rings. The lowest BCUT2D eigenvalue weighted by molar-refractivity contribution is 0.100. The Morgan fingerprint density at radius 2 is 1.95 bits per heavy atom. The minimum absolute atomic E-state index is 0.0192. The molecule has 7 heteroatoms. The van der Waals surface area contributed by atoms with E-state index in [1.54, 1.807) is 6.07 Å². The summed E-state index contributed by atoms with van der Waals surface area (Å²) in [6.07, 6.45) is 0. The van der Waals surface area contributed by atoms with Gasteiger partial charge in [0.1, 0.15) is 11.6 Å². The fraction of sp³-hybridized carbons (Fsp3) is 0.0714. The van der Waals surface area contributed by atoms with Crippen LogP contribution < -0.4 is 11.1 Å². The number of hydrogen-bond acceptors (Lipinski definition) is 2. The summed E-state index contributed by atoms with van der Waals surface area (Å²) in [6, 6.07) is 6.63. The van der Waals surface area contributed by atoms with Gasteiger partial charge in [-0.3, -0.25) is 4.79 Å². The van der Waals surface area contributed by atoms with Gasteiger partial charge in [-0.05, 0) is 39.7 Å². The Bertz CT molecular complexity index is 710. The van der Waals surface area contributed by atoms with E-state index in [4.69, 9.17) is 17.3 Å². The number of nitrogens with one attached hydrogen (secondary N) is 1. The number of rotatable bonds is 4. The zero-order chi connectivity index (χ0) is 15.6. The fourth-order valence-electron chi connectivity index (χ4n) is 1.69. The van der Waals surface area contributed by atoms with Crippen molar-refractivity contribution in [2.24, 2.45) is 5.73 Å². The van der Waals surface area contributed by atoms with Gasteiger partial charge in [-0.1, -0.05) is 17.7 Å². The molecule has 1 amide bonds. The molecule has 0 fully saturated rings. The van der Waals surface area contributed by atoms with E-state index in [2.05, 4.69) is 21.2 Å². The molecule has 0 unspecified atom stereocenters. The van der Waals surface area contributed by atoms with Crippen LogP contribution in [0.4, 0.5) is 14.5 Å². The predicted octanol–water partition coefficient (Wildman–Crippen LogP) is 4.09. The van der Waals surface area contributed by atoms with Gasteiger partial charge in [-0.25, -0.2) is 8.78 Å². The molecule has 0 saturated carbocycles. The SMILES string of the molecule is NC(=O)c1ccc(CNc2cc(F)c(Br)cc2F)c(Cl)c1. The number of anilines is 1. The van der Waals surface area contributed by atoms with Crippen LogP contribution in [0.1, 0.15) is 15.9 Å². The summed E-state index contributed by atoms with van der Waals surface area (Å²) in [4.78, 5) is 11.0. The first-order valence-electron chi connectivity index (χ1n) is 5.85. The van der Waals surface area contributed by atoms with Crippen LogP contribution in [0.15, 0.2) is 34.8 Å². The van der Waals surface area contributed by atoms with Crippen molar-refractivity contribution in [2.75, 3.05) is 5.32 Å². The van der Waals surface area contributed by atoms with Gasteiger partial charge in [0, 0.05) is 23.2 Å². The van der Waals surface area contributed by atoms with Crippen LogP contribution in [0.3, 0.4) is 0 Å². The summed E-state index contributed by atoms with van der Waals surface area (Å²) in [5.74, 6) is -1.75. The molecule has 0 bridgehead atoms. The summed E-state index contributed by atoms with van der Waals surface area (Å²) in [5.41, 5.74) is 6.07. The molecule has 0 aliphatic rings. The monoisotopic (exact) mass is 374 g/mol. The Morgan fingerprint density at radius 3 is 2.57 bits per heavy atom. The van der Waals surface area contributed by atoms with Crippen molar-refractivity contribution < 1.29 is 13.6 Å². The Labute approximate surface area is 133 Å². The summed E-state index contributed by atoms with van der Waals surface area (Å²) in [6.45, 7) is 0.176. The van der Waals surface area contributed by atoms with E-state index in [-0.39, 0.29) is 22.3 Å². The number of carbonyl (C=O) groups excluding carboxylic acids is 1. The Morgan fingerprint density at radius 1 is 1.24 bits per heavy atom. The Kier molecular flexibility index (Phi) is 4.80. The highest BCUT2D eigenvalue weighted by molar-refractivity contribution is 9.10. The number of nitrogens with two attached hydrogens (primary N) is 1. The van der Waals surface area contributed by atoms with Gasteiger partial charge in [-0.2, -0.15) is 0 Å². The van der Waals surface area contributed by atoms with E-state index in [1.807, 2.05) is 0 Å². The molecular formula is C14H10BrClF2N2O. The second kappa shape index (κ2) is 6.41. The summed E-state index contributed by atoms with van der Waals surface area (Å²) in [5, 5.41) is 3.07. The van der Waals surface area contributed by atoms with Crippen LogP contribution in [-0.2, 0) is 6.54 Å². The van der Waals surface area contributed by atoms with E-state index in [9.17, 15) is 13.6 Å². The zero-order valence-corrected chi connectivity index (χ0v) is 12.9. The molecule has 0 atom stereocenters. The van der Waals surface area contributed by atoms with Gasteiger partial charge >= 0.3 is 0 Å². The smallest absolute Gasteiger partial charge is 0.248 e. The number of benzene rings is 2. The minimum Gasteiger partial charge on any atom is -0.378 e. The van der Waals surface area contributed by atoms with E-state index in [0.29, 0.717) is 10.6 Å². The molecular weight excluding hydrogens is 366 g/mol. The van der Waals surface area contributed by atoms with Crippen LogP contribution in [0.2, 0.25) is 5.02 Å². The average Bonchev–Trinajstić information content (AvgIpc) is 2.42. The van der Waals surface area contributed by atoms with Gasteiger partial charge in [0.15, 0.2) is 0 Å². The van der Waals surface area contributed by atoms with Crippen molar-refractivity contribution in [3.63, 3.8) is 0 Å². The van der Waals surface area contributed by atoms with Crippen molar-refractivity contribution in [3.8, 4) is 0 Å². The standard InChI is InChI=1S/C14H10BrClF2N2O/c15-9-4-12(18)13(5-11(9)17)20-6-8-2-1-7(14(19)21)3-10(8)16/h1-5,20H,6H2,(H2,19,21). The first kappa shape index (κ1) is 15.7. The number of amides is 1. The topological polar surface area (TPSA) is 55.1 Å². The van der Waals surface area contributed by atoms with Crippen LogP contribution in [0.5, 0.6) is 0 Å². The Hall–Kier alpha value is -1.66. The number of hydrogen-bond donors (Lipinski definition) is 2. The van der Waals surface area contributed by atoms with E-state index in [1.165, 1.54) is 12.1 Å². The van der Waals surface area contributed by atoms with Crippen molar-refractivity contribution >= 4 is 39.1 Å². The fourth-order valence-corrected chi connectivity index (χ4v) is 2.26. The summed E-state index contributed by atoms with van der Waals surface area (Å²) in [7, 11) is 0. The predicted molar refractivity (Wildman–Crippen MR) is 81.4 cm³/mol. The maximum absolute atomic E-state index is 13.7. The molecule has 0 aliphatic carbocycles. The van der Waals surface area contributed by atoms with Crippen LogP contribution in [0, 0.1) is 11.6 Å². The van der Waals surface area contributed by atoms with Crippen LogP contribution in [0.25, 0.3) is 0 Å². The van der Waals surface area contributed by atoms with Gasteiger partial charge in [0.2, 0.25) is 5.91 Å². The third-order valence-corrected chi connectivity index (χ3v) is 3.78. The largest absolute Gasteiger partial charge is 0.378 e. The van der Waals surface area contributed by atoms with E-state index < -0.39 is 17.5 Å². The van der Waals surface area contributed by atoms with Crippen LogP contribution >= 0.6 is 27.5 Å². The molecule has 0 radical (unpaired) electrons. The average molecular weight is 376 g/mol. The van der Waals surface area contributed by atoms with E-state index >= 15 is 0 Å². The highest BCUT2D eigenvalue weighted by atomic mass is 79.9. The number of halogens is 4. The summed E-state index contributed by atoms with van der Waals surface area (Å²) >= 11 is 8.91. The molecule has 0 spiro atoms. The van der Waals surface area contributed by atoms with Gasteiger partial charge in [-0.15, -0.1) is 0 Å². The molecule has 0 saturated heterocycles. The second-order valence-corrected chi connectivity index (χ2v) is 5.53. The molecule has 3 nitrogen and oxygen atoms in total. The normalized spacial score (nSPS) is 10.5. The quantitative estimate of drug-likeness (QED) is 0.791. The van der Waals surface area contributed by atoms with Gasteiger partial charge in [0.25, 0.3) is 0 Å². The second-order valence-electron chi connectivity index (χ2n) is 4.27. The first-order chi connectivity index (χ1) is 9.88. The maximum atomic E-state index is 13.7. The number of carbonyl (C=O) groups is 1. The lowest BCUT2D eigenvalue weighted by atomic mass is 10.1. The van der Waals surface area contributed by atoms with Gasteiger partial charge in [0.05, 0.1) is 10.2 Å². The van der Waals surface area contributed by atoms with Crippen molar-refractivity contribution in [3.05, 3.63) is 62.6 Å². The molecule has 0 heterocycles. The zero-order valence-electron chi connectivity index (χ0n) is 10.6. The molecule has 2 aromatic carbocycles. The van der Waals surface area contributed by atoms with Crippen molar-refractivity contribution in [2.45, 2.75) is 6.54 Å². The summed E-state index contributed by atoms with van der Waals surface area (Å²) < 4.78 is 27.1. The first-order valence-corrected chi connectivity index (χ1v) is 7.02. The number of primary amides is 1. The van der Waals surface area contributed by atoms with Gasteiger partial charge < -0.3 is 11.1 Å². The molecule has 0 aromatic heterocycles. The molecule has 2 rings (SSSR count). The molecule has 21 heavy (non-hydrogen) atoms. The lowest BCUT2D eigenvalue weighted by Gasteiger charge is -2.10. The van der Waals surface area contributed by atoms with Crippen molar-refractivity contribution in [1.29, 1.82) is 0 Å². The Balaban J connectivity index is 2.17. The third kappa shape index (κ3) is 3.71. The molecule has 110 valence electrons. The highest BCUT2D eigenvalue weighted by Crippen LogP contribution is 2.25. The van der Waals surface area contributed by atoms with Crippen LogP contribution in [-0.4, -0.2) is 5.91 Å². The molecule has 0 aliphatic heterocycles. The third-order valence-electron chi connectivity index (χ3n) is 2.82. The molecule has 3 N–H and O–H groups in total. The van der Waals surface area contributed by atoms with Crippen molar-refractivity contribution in [1.82, 2.24) is 0 Å². The maximum Gasteiger partial charge on any atom is 0.248 e. The minimum atomic E-state index is -0.590. The lowest BCUT2D eigenvalue weighted by Crippen LogP contribution is -2.11. The highest BCUT2D eigenvalue weighted by Gasteiger charge is 2.10. The van der Waals surface area contributed by atoms with E-state index in [0.717, 1.165) is 12.1 Å².